The summed E-state index contributed by atoms with van der Waals surface area (Å²) >= 11 is 0. The molecule has 1 aliphatic heterocycles. The second-order valence-corrected chi connectivity index (χ2v) is 10.6. The standard InChI is InChI=1S/C27H31N3O6S/c1-5-12-29-17-22(27(32)28-18(4)19-8-11-24-25(15-19)36-14-13-35-24)26(31)21-16-20(9-10-23(21)29)37(33,34)30(6-2)7-3/h5,8-11,15-18H,1,6-7,12-14H2,2-4H3,(H,28,32). The molecule has 0 fully saturated rings. The molecule has 1 unspecified atom stereocenters. The fourth-order valence-corrected chi connectivity index (χ4v) is 5.87. The summed E-state index contributed by atoms with van der Waals surface area (Å²) in [6.45, 7) is 10.9. The van der Waals surface area contributed by atoms with Crippen LogP contribution in [0.2, 0.25) is 0 Å². The summed E-state index contributed by atoms with van der Waals surface area (Å²) < 4.78 is 40.4. The first-order chi connectivity index (χ1) is 17.7. The quantitative estimate of drug-likeness (QED) is 0.429. The number of ether oxygens (including phenoxy) is 2. The van der Waals surface area contributed by atoms with Gasteiger partial charge in [-0.3, -0.25) is 9.59 Å². The van der Waals surface area contributed by atoms with Crippen molar-refractivity contribution < 1.29 is 22.7 Å². The molecule has 0 spiro atoms. The van der Waals surface area contributed by atoms with E-state index in [4.69, 9.17) is 9.47 Å². The molecule has 1 atom stereocenters. The molecule has 4 rings (SSSR count). The van der Waals surface area contributed by atoms with Gasteiger partial charge in [0, 0.05) is 31.2 Å². The third-order valence-corrected chi connectivity index (χ3v) is 8.42. The van der Waals surface area contributed by atoms with Crippen LogP contribution >= 0.6 is 0 Å². The zero-order valence-electron chi connectivity index (χ0n) is 21.2. The molecule has 0 saturated carbocycles. The van der Waals surface area contributed by atoms with Crippen molar-refractivity contribution in [2.24, 2.45) is 0 Å². The maximum absolute atomic E-state index is 13.5. The molecule has 0 bridgehead atoms. The molecule has 2 heterocycles. The lowest BCUT2D eigenvalue weighted by Gasteiger charge is -2.21. The van der Waals surface area contributed by atoms with Crippen LogP contribution in [0.5, 0.6) is 11.5 Å². The van der Waals surface area contributed by atoms with Gasteiger partial charge in [0.1, 0.15) is 18.8 Å². The first-order valence-electron chi connectivity index (χ1n) is 12.2. The summed E-state index contributed by atoms with van der Waals surface area (Å²) in [6.07, 6.45) is 3.13. The number of benzene rings is 2. The molecule has 10 heteroatoms. The average molecular weight is 526 g/mol. The number of rotatable bonds is 9. The zero-order chi connectivity index (χ0) is 26.7. The Labute approximate surface area is 216 Å². The molecule has 0 saturated heterocycles. The van der Waals surface area contributed by atoms with E-state index in [1.54, 1.807) is 49.6 Å². The van der Waals surface area contributed by atoms with Crippen LogP contribution < -0.4 is 20.2 Å². The van der Waals surface area contributed by atoms with Crippen molar-refractivity contribution in [3.05, 3.63) is 76.6 Å². The highest BCUT2D eigenvalue weighted by molar-refractivity contribution is 7.89. The smallest absolute Gasteiger partial charge is 0.257 e. The van der Waals surface area contributed by atoms with Crippen molar-refractivity contribution >= 4 is 26.8 Å². The molecule has 1 amide bonds. The van der Waals surface area contributed by atoms with E-state index in [-0.39, 0.29) is 15.8 Å². The zero-order valence-corrected chi connectivity index (χ0v) is 22.0. The molecular weight excluding hydrogens is 494 g/mol. The monoisotopic (exact) mass is 525 g/mol. The van der Waals surface area contributed by atoms with Gasteiger partial charge in [-0.15, -0.1) is 6.58 Å². The van der Waals surface area contributed by atoms with Crippen molar-refractivity contribution in [1.82, 2.24) is 14.2 Å². The third-order valence-electron chi connectivity index (χ3n) is 6.38. The molecule has 0 aliphatic carbocycles. The van der Waals surface area contributed by atoms with Crippen LogP contribution in [0.15, 0.2) is 64.9 Å². The van der Waals surface area contributed by atoms with Crippen LogP contribution in [0.3, 0.4) is 0 Å². The summed E-state index contributed by atoms with van der Waals surface area (Å²) in [5.41, 5.74) is 0.673. The van der Waals surface area contributed by atoms with Crippen LogP contribution in [-0.2, 0) is 16.6 Å². The Morgan fingerprint density at radius 3 is 2.51 bits per heavy atom. The molecule has 1 aliphatic rings. The third kappa shape index (κ3) is 5.12. The second kappa shape index (κ2) is 10.8. The van der Waals surface area contributed by atoms with E-state index in [2.05, 4.69) is 11.9 Å². The highest BCUT2D eigenvalue weighted by atomic mass is 32.2. The number of hydrogen-bond acceptors (Lipinski definition) is 6. The van der Waals surface area contributed by atoms with Crippen molar-refractivity contribution in [2.75, 3.05) is 26.3 Å². The van der Waals surface area contributed by atoms with Crippen LogP contribution in [-0.4, -0.2) is 49.5 Å². The van der Waals surface area contributed by atoms with Gasteiger partial charge >= 0.3 is 0 Å². The molecule has 9 nitrogen and oxygen atoms in total. The maximum Gasteiger partial charge on any atom is 0.257 e. The largest absolute Gasteiger partial charge is 0.486 e. The maximum atomic E-state index is 13.5. The molecule has 37 heavy (non-hydrogen) atoms. The molecule has 0 radical (unpaired) electrons. The number of hydrogen-bond donors (Lipinski definition) is 1. The van der Waals surface area contributed by atoms with Gasteiger partial charge in [0.05, 0.1) is 16.5 Å². The summed E-state index contributed by atoms with van der Waals surface area (Å²) in [7, 11) is -3.79. The predicted molar refractivity (Wildman–Crippen MR) is 142 cm³/mol. The van der Waals surface area contributed by atoms with E-state index in [9.17, 15) is 18.0 Å². The first-order valence-corrected chi connectivity index (χ1v) is 13.6. The summed E-state index contributed by atoms with van der Waals surface area (Å²) in [5.74, 6) is 0.681. The minimum absolute atomic E-state index is 0.00755. The van der Waals surface area contributed by atoms with Gasteiger partial charge in [0.2, 0.25) is 15.5 Å². The number of pyridine rings is 1. The highest BCUT2D eigenvalue weighted by Crippen LogP contribution is 2.32. The van der Waals surface area contributed by atoms with Gasteiger partial charge in [-0.05, 0) is 42.8 Å². The van der Waals surface area contributed by atoms with Gasteiger partial charge < -0.3 is 19.4 Å². The molecule has 1 aromatic heterocycles. The van der Waals surface area contributed by atoms with Gasteiger partial charge in [-0.2, -0.15) is 4.31 Å². The van der Waals surface area contributed by atoms with E-state index in [1.165, 1.54) is 22.6 Å². The SMILES string of the molecule is C=CCn1cc(C(=O)NC(C)c2ccc3c(c2)OCCO3)c(=O)c2cc(S(=O)(=O)N(CC)CC)ccc21. The van der Waals surface area contributed by atoms with Gasteiger partial charge in [-0.1, -0.05) is 26.0 Å². The minimum atomic E-state index is -3.79. The molecule has 3 aromatic rings. The van der Waals surface area contributed by atoms with Crippen LogP contribution in [0.25, 0.3) is 10.9 Å². The molecule has 2 aromatic carbocycles. The minimum Gasteiger partial charge on any atom is -0.486 e. The fourth-order valence-electron chi connectivity index (χ4n) is 4.39. The second-order valence-electron chi connectivity index (χ2n) is 8.68. The number of carbonyl (C=O) groups excluding carboxylic acids is 1. The lowest BCUT2D eigenvalue weighted by molar-refractivity contribution is 0.0938. The normalized spacial score (nSPS) is 13.9. The van der Waals surface area contributed by atoms with Crippen LogP contribution in [0.1, 0.15) is 42.7 Å². The Morgan fingerprint density at radius 1 is 1.14 bits per heavy atom. The Bertz CT molecular complexity index is 1510. The number of aromatic nitrogens is 1. The van der Waals surface area contributed by atoms with Crippen molar-refractivity contribution in [2.45, 2.75) is 38.3 Å². The Balaban J connectivity index is 1.73. The van der Waals surface area contributed by atoms with Gasteiger partial charge in [-0.25, -0.2) is 8.42 Å². The van der Waals surface area contributed by atoms with Gasteiger partial charge in [0.25, 0.3) is 5.91 Å². The predicted octanol–water partition coefficient (Wildman–Crippen LogP) is 3.48. The van der Waals surface area contributed by atoms with Crippen LogP contribution in [0, 0.1) is 0 Å². The number of allylic oxidation sites excluding steroid dienone is 1. The number of carbonyl (C=O) groups is 1. The Morgan fingerprint density at radius 2 is 1.84 bits per heavy atom. The van der Waals surface area contributed by atoms with E-state index in [0.29, 0.717) is 49.9 Å². The number of nitrogens with one attached hydrogen (secondary N) is 1. The highest BCUT2D eigenvalue weighted by Gasteiger charge is 2.24. The van der Waals surface area contributed by atoms with E-state index in [0.717, 1.165) is 5.56 Å². The molecule has 1 N–H and O–H groups in total. The van der Waals surface area contributed by atoms with E-state index >= 15 is 0 Å². The average Bonchev–Trinajstić information content (AvgIpc) is 2.90. The van der Waals surface area contributed by atoms with E-state index in [1.807, 2.05) is 6.07 Å². The number of amides is 1. The van der Waals surface area contributed by atoms with Crippen molar-refractivity contribution in [3.8, 4) is 11.5 Å². The number of fused-ring (bicyclic) bond motifs is 2. The first kappa shape index (κ1) is 26.4. The summed E-state index contributed by atoms with van der Waals surface area (Å²) in [4.78, 5) is 26.8. The topological polar surface area (TPSA) is 107 Å². The lowest BCUT2D eigenvalue weighted by atomic mass is 10.1. The van der Waals surface area contributed by atoms with E-state index < -0.39 is 27.4 Å². The van der Waals surface area contributed by atoms with Crippen molar-refractivity contribution in [3.63, 3.8) is 0 Å². The van der Waals surface area contributed by atoms with Crippen molar-refractivity contribution in [1.29, 1.82) is 0 Å². The lowest BCUT2D eigenvalue weighted by Crippen LogP contribution is -2.32. The summed E-state index contributed by atoms with van der Waals surface area (Å²) in [6, 6.07) is 9.43. The van der Waals surface area contributed by atoms with Gasteiger partial charge in [0.15, 0.2) is 11.5 Å². The number of nitrogens with zero attached hydrogens (tertiary/aromatic N) is 2. The fraction of sp³-hybridized carbons (Fsp3) is 0.333. The number of sulfonamides is 1. The van der Waals surface area contributed by atoms with Crippen LogP contribution in [0.4, 0.5) is 0 Å². The molecular formula is C27H31N3O6S. The molecule has 196 valence electrons. The Hall–Kier alpha value is -3.63. The summed E-state index contributed by atoms with van der Waals surface area (Å²) in [5, 5.41) is 3.02. The Kier molecular flexibility index (Phi) is 7.70.